The molecule has 0 amide bonds. The number of carbonyl (C=O) groups excluding carboxylic acids is 1. The van der Waals surface area contributed by atoms with Crippen LogP contribution in [0.25, 0.3) is 0 Å². The number of benzene rings is 1. The fourth-order valence-electron chi connectivity index (χ4n) is 2.53. The fourth-order valence-corrected chi connectivity index (χ4v) is 2.53. The summed E-state index contributed by atoms with van der Waals surface area (Å²) in [4.78, 5) is 11.3. The summed E-state index contributed by atoms with van der Waals surface area (Å²) in [5.74, 6) is 6.73. The Hall–Kier alpha value is -2.23. The van der Waals surface area contributed by atoms with Gasteiger partial charge in [0.25, 0.3) is 0 Å². The zero-order valence-corrected chi connectivity index (χ0v) is 13.6. The van der Waals surface area contributed by atoms with Crippen LogP contribution in [0.3, 0.4) is 0 Å². The molecule has 0 N–H and O–H groups in total. The van der Waals surface area contributed by atoms with Gasteiger partial charge in [0.1, 0.15) is 6.61 Å². The van der Waals surface area contributed by atoms with Gasteiger partial charge < -0.3 is 23.7 Å². The molecule has 2 unspecified atom stereocenters. The standard InChI is InChI=1S/C18H20O6/c1-13(19)24-15(5-4-10-21-18-6-2-3-9-20-18)14-7-8-16-17(11-14)23-12-22-16/h7-8,11,15,18H,2-3,6,9-10,12H2,1H3. The first-order valence-electron chi connectivity index (χ1n) is 8.01. The van der Waals surface area contributed by atoms with Gasteiger partial charge in [-0.15, -0.1) is 0 Å². The van der Waals surface area contributed by atoms with E-state index in [9.17, 15) is 4.79 Å². The van der Waals surface area contributed by atoms with Gasteiger partial charge in [-0.2, -0.15) is 0 Å². The average Bonchev–Trinajstić information content (AvgIpc) is 3.06. The van der Waals surface area contributed by atoms with Gasteiger partial charge in [0, 0.05) is 19.1 Å². The lowest BCUT2D eigenvalue weighted by Gasteiger charge is -2.21. The minimum atomic E-state index is -0.673. The summed E-state index contributed by atoms with van der Waals surface area (Å²) < 4.78 is 27.0. The topological polar surface area (TPSA) is 63.2 Å². The van der Waals surface area contributed by atoms with Crippen molar-refractivity contribution in [2.75, 3.05) is 20.0 Å². The molecule has 6 nitrogen and oxygen atoms in total. The Labute approximate surface area is 141 Å². The molecule has 3 rings (SSSR count). The van der Waals surface area contributed by atoms with Crippen LogP contribution < -0.4 is 9.47 Å². The van der Waals surface area contributed by atoms with Gasteiger partial charge in [0.05, 0.1) is 0 Å². The Morgan fingerprint density at radius 1 is 1.33 bits per heavy atom. The summed E-state index contributed by atoms with van der Waals surface area (Å²) >= 11 is 0. The van der Waals surface area contributed by atoms with Crippen molar-refractivity contribution < 1.29 is 28.5 Å². The third kappa shape index (κ3) is 4.40. The third-order valence-electron chi connectivity index (χ3n) is 3.70. The molecular formula is C18H20O6. The van der Waals surface area contributed by atoms with Crippen LogP contribution in [0.15, 0.2) is 18.2 Å². The summed E-state index contributed by atoms with van der Waals surface area (Å²) in [6.07, 6.45) is 2.20. The highest BCUT2D eigenvalue weighted by atomic mass is 16.7. The zero-order valence-electron chi connectivity index (χ0n) is 13.6. The maximum atomic E-state index is 11.3. The van der Waals surface area contributed by atoms with Crippen molar-refractivity contribution in [3.05, 3.63) is 23.8 Å². The summed E-state index contributed by atoms with van der Waals surface area (Å²) in [5, 5.41) is 0. The highest BCUT2D eigenvalue weighted by Crippen LogP contribution is 2.34. The van der Waals surface area contributed by atoms with Gasteiger partial charge in [-0.1, -0.05) is 17.9 Å². The van der Waals surface area contributed by atoms with E-state index < -0.39 is 12.1 Å². The maximum Gasteiger partial charge on any atom is 0.304 e. The van der Waals surface area contributed by atoms with Gasteiger partial charge in [0.15, 0.2) is 23.9 Å². The van der Waals surface area contributed by atoms with E-state index in [0.29, 0.717) is 11.5 Å². The largest absolute Gasteiger partial charge is 0.454 e. The number of ether oxygens (including phenoxy) is 5. The molecular weight excluding hydrogens is 312 g/mol. The van der Waals surface area contributed by atoms with E-state index in [1.54, 1.807) is 18.2 Å². The van der Waals surface area contributed by atoms with Crippen LogP contribution >= 0.6 is 0 Å². The molecule has 1 aromatic carbocycles. The highest BCUT2D eigenvalue weighted by Gasteiger charge is 2.19. The smallest absolute Gasteiger partial charge is 0.304 e. The molecule has 0 spiro atoms. The van der Waals surface area contributed by atoms with Crippen molar-refractivity contribution in [1.29, 1.82) is 0 Å². The van der Waals surface area contributed by atoms with Crippen LogP contribution in [0, 0.1) is 11.8 Å². The van der Waals surface area contributed by atoms with Crippen molar-refractivity contribution in [2.24, 2.45) is 0 Å². The molecule has 0 bridgehead atoms. The SMILES string of the molecule is CC(=O)OC(C#CCOC1CCCCO1)c1ccc2c(c1)OCO2. The Kier molecular flexibility index (Phi) is 5.57. The second kappa shape index (κ2) is 8.04. The first-order valence-corrected chi connectivity index (χ1v) is 8.01. The van der Waals surface area contributed by atoms with Crippen LogP contribution in [-0.4, -0.2) is 32.3 Å². The van der Waals surface area contributed by atoms with Gasteiger partial charge in [-0.25, -0.2) is 0 Å². The molecule has 24 heavy (non-hydrogen) atoms. The van der Waals surface area contributed by atoms with E-state index in [1.165, 1.54) is 6.92 Å². The Morgan fingerprint density at radius 3 is 3.00 bits per heavy atom. The van der Waals surface area contributed by atoms with E-state index >= 15 is 0 Å². The molecule has 1 saturated heterocycles. The van der Waals surface area contributed by atoms with Gasteiger partial charge in [0.2, 0.25) is 6.79 Å². The van der Waals surface area contributed by atoms with Gasteiger partial charge in [-0.3, -0.25) is 4.79 Å². The number of hydrogen-bond acceptors (Lipinski definition) is 6. The Bertz CT molecular complexity index is 639. The summed E-state index contributed by atoms with van der Waals surface area (Å²) in [6, 6.07) is 5.36. The molecule has 1 aromatic rings. The minimum absolute atomic E-state index is 0.189. The summed E-state index contributed by atoms with van der Waals surface area (Å²) in [6.45, 7) is 2.50. The quantitative estimate of drug-likeness (QED) is 0.624. The molecule has 2 aliphatic heterocycles. The van der Waals surface area contributed by atoms with Crippen molar-refractivity contribution in [3.8, 4) is 23.3 Å². The van der Waals surface area contributed by atoms with Crippen LogP contribution in [0.4, 0.5) is 0 Å². The molecule has 0 saturated carbocycles. The predicted molar refractivity (Wildman–Crippen MR) is 84.4 cm³/mol. The molecule has 2 atom stereocenters. The minimum Gasteiger partial charge on any atom is -0.454 e. The van der Waals surface area contributed by atoms with Crippen molar-refractivity contribution in [2.45, 2.75) is 38.6 Å². The van der Waals surface area contributed by atoms with E-state index in [4.69, 9.17) is 23.7 Å². The first-order chi connectivity index (χ1) is 11.7. The molecule has 0 aliphatic carbocycles. The molecule has 2 heterocycles. The zero-order chi connectivity index (χ0) is 16.8. The molecule has 0 aromatic heterocycles. The lowest BCUT2D eigenvalue weighted by molar-refractivity contribution is -0.154. The van der Waals surface area contributed by atoms with Crippen molar-refractivity contribution >= 4 is 5.97 Å². The fraction of sp³-hybridized carbons (Fsp3) is 0.500. The monoisotopic (exact) mass is 332 g/mol. The van der Waals surface area contributed by atoms with Crippen molar-refractivity contribution in [1.82, 2.24) is 0 Å². The predicted octanol–water partition coefficient (Wildman–Crippen LogP) is 2.57. The third-order valence-corrected chi connectivity index (χ3v) is 3.70. The van der Waals surface area contributed by atoms with Crippen LogP contribution in [0.2, 0.25) is 0 Å². The summed E-state index contributed by atoms with van der Waals surface area (Å²) in [5.41, 5.74) is 0.732. The summed E-state index contributed by atoms with van der Waals surface area (Å²) in [7, 11) is 0. The second-order valence-electron chi connectivity index (χ2n) is 5.53. The maximum absolute atomic E-state index is 11.3. The van der Waals surface area contributed by atoms with E-state index in [0.717, 1.165) is 31.4 Å². The Balaban J connectivity index is 1.63. The van der Waals surface area contributed by atoms with Crippen molar-refractivity contribution in [3.63, 3.8) is 0 Å². The molecule has 2 aliphatic rings. The Morgan fingerprint density at radius 2 is 2.21 bits per heavy atom. The lowest BCUT2D eigenvalue weighted by Crippen LogP contribution is -2.22. The lowest BCUT2D eigenvalue weighted by atomic mass is 10.1. The van der Waals surface area contributed by atoms with E-state index in [2.05, 4.69) is 11.8 Å². The number of esters is 1. The average molecular weight is 332 g/mol. The van der Waals surface area contributed by atoms with E-state index in [-0.39, 0.29) is 19.7 Å². The van der Waals surface area contributed by atoms with Gasteiger partial charge in [-0.05, 0) is 31.4 Å². The molecule has 6 heteroatoms. The number of fused-ring (bicyclic) bond motifs is 1. The van der Waals surface area contributed by atoms with E-state index in [1.807, 2.05) is 0 Å². The second-order valence-corrected chi connectivity index (χ2v) is 5.53. The van der Waals surface area contributed by atoms with Gasteiger partial charge >= 0.3 is 5.97 Å². The number of hydrogen-bond donors (Lipinski definition) is 0. The number of carbonyl (C=O) groups is 1. The molecule has 0 radical (unpaired) electrons. The normalized spacial score (nSPS) is 20.0. The van der Waals surface area contributed by atoms with Crippen LogP contribution in [0.1, 0.15) is 37.9 Å². The molecule has 128 valence electrons. The molecule has 1 fully saturated rings. The number of rotatable bonds is 4. The van der Waals surface area contributed by atoms with Crippen LogP contribution in [-0.2, 0) is 19.0 Å². The van der Waals surface area contributed by atoms with Crippen LogP contribution in [0.5, 0.6) is 11.5 Å². The first kappa shape index (κ1) is 16.6. The highest BCUT2D eigenvalue weighted by molar-refractivity contribution is 5.67.